The fraction of sp³-hybridized carbons (Fsp3) is 0.421. The molecule has 1 aromatic carbocycles. The van der Waals surface area contributed by atoms with Gasteiger partial charge in [0.05, 0.1) is 18.6 Å². The van der Waals surface area contributed by atoms with E-state index in [-0.39, 0.29) is 16.7 Å². The summed E-state index contributed by atoms with van der Waals surface area (Å²) >= 11 is 1.63. The van der Waals surface area contributed by atoms with Crippen molar-refractivity contribution in [3.05, 3.63) is 46.7 Å². The molecule has 1 saturated heterocycles. The van der Waals surface area contributed by atoms with Crippen LogP contribution in [0.3, 0.4) is 0 Å². The summed E-state index contributed by atoms with van der Waals surface area (Å²) in [6, 6.07) is 10.4. The third kappa shape index (κ3) is 4.51. The number of methoxy groups -OCH3 is 1. The topological polar surface area (TPSA) is 66.9 Å². The lowest BCUT2D eigenvalue weighted by Crippen LogP contribution is -2.43. The van der Waals surface area contributed by atoms with Gasteiger partial charge in [0.25, 0.3) is 0 Å². The van der Waals surface area contributed by atoms with E-state index in [1.54, 1.807) is 47.6 Å². The molecule has 0 aliphatic carbocycles. The second kappa shape index (κ2) is 8.41. The van der Waals surface area contributed by atoms with Crippen LogP contribution in [-0.4, -0.2) is 50.8 Å². The molecule has 1 aliphatic heterocycles. The molecule has 1 aliphatic rings. The fourth-order valence-corrected chi connectivity index (χ4v) is 5.49. The van der Waals surface area contributed by atoms with Crippen molar-refractivity contribution < 1.29 is 17.9 Å². The number of nitrogens with zero attached hydrogens (tertiary/aromatic N) is 2. The minimum Gasteiger partial charge on any atom is -0.497 e. The second-order valence-electron chi connectivity index (χ2n) is 6.63. The van der Waals surface area contributed by atoms with E-state index in [0.717, 1.165) is 4.88 Å². The highest BCUT2D eigenvalue weighted by Crippen LogP contribution is 2.26. The van der Waals surface area contributed by atoms with Gasteiger partial charge in [-0.3, -0.25) is 4.79 Å². The van der Waals surface area contributed by atoms with Crippen LogP contribution in [0.2, 0.25) is 0 Å². The molecule has 6 nitrogen and oxygen atoms in total. The van der Waals surface area contributed by atoms with Crippen molar-refractivity contribution in [3.63, 3.8) is 0 Å². The Bertz CT molecular complexity index is 856. The SMILES string of the molecule is COc1ccc(S(=O)(=O)N2CCC(C(=O)N(C)Cc3cccs3)CC2)cc1. The van der Waals surface area contributed by atoms with E-state index >= 15 is 0 Å². The number of carbonyl (C=O) groups excluding carboxylic acids is 1. The van der Waals surface area contributed by atoms with Gasteiger partial charge in [0.15, 0.2) is 0 Å². The van der Waals surface area contributed by atoms with Gasteiger partial charge < -0.3 is 9.64 Å². The van der Waals surface area contributed by atoms with Crippen LogP contribution >= 0.6 is 11.3 Å². The van der Waals surface area contributed by atoms with Gasteiger partial charge in [-0.1, -0.05) is 6.07 Å². The molecule has 0 atom stereocenters. The first-order chi connectivity index (χ1) is 12.9. The molecule has 146 valence electrons. The van der Waals surface area contributed by atoms with E-state index in [9.17, 15) is 13.2 Å². The van der Waals surface area contributed by atoms with Crippen molar-refractivity contribution in [2.45, 2.75) is 24.3 Å². The Balaban J connectivity index is 1.59. The van der Waals surface area contributed by atoms with Crippen molar-refractivity contribution in [2.24, 2.45) is 5.92 Å². The van der Waals surface area contributed by atoms with Gasteiger partial charge in [-0.15, -0.1) is 11.3 Å². The number of hydrogen-bond acceptors (Lipinski definition) is 5. The second-order valence-corrected chi connectivity index (χ2v) is 9.60. The number of sulfonamides is 1. The lowest BCUT2D eigenvalue weighted by atomic mass is 9.96. The van der Waals surface area contributed by atoms with Crippen LogP contribution < -0.4 is 4.74 Å². The predicted octanol–water partition coefficient (Wildman–Crippen LogP) is 2.82. The first kappa shape index (κ1) is 19.9. The summed E-state index contributed by atoms with van der Waals surface area (Å²) in [7, 11) is -0.192. The molecule has 0 bridgehead atoms. The largest absolute Gasteiger partial charge is 0.497 e. The fourth-order valence-electron chi connectivity index (χ4n) is 3.27. The summed E-state index contributed by atoms with van der Waals surface area (Å²) in [5.41, 5.74) is 0. The average molecular weight is 409 g/mol. The Morgan fingerprint density at radius 3 is 2.44 bits per heavy atom. The molecule has 8 heteroatoms. The van der Waals surface area contributed by atoms with Crippen molar-refractivity contribution in [1.82, 2.24) is 9.21 Å². The summed E-state index contributed by atoms with van der Waals surface area (Å²) in [5.74, 6) is 0.578. The van der Waals surface area contributed by atoms with E-state index in [1.807, 2.05) is 24.6 Å². The van der Waals surface area contributed by atoms with Crippen molar-refractivity contribution in [3.8, 4) is 5.75 Å². The number of hydrogen-bond donors (Lipinski definition) is 0. The molecule has 3 rings (SSSR count). The predicted molar refractivity (Wildman–Crippen MR) is 105 cm³/mol. The first-order valence-electron chi connectivity index (χ1n) is 8.83. The monoisotopic (exact) mass is 408 g/mol. The van der Waals surface area contributed by atoms with Crippen molar-refractivity contribution in [2.75, 3.05) is 27.2 Å². The van der Waals surface area contributed by atoms with Crippen LogP contribution in [0.25, 0.3) is 0 Å². The van der Waals surface area contributed by atoms with Gasteiger partial charge in [0, 0.05) is 30.9 Å². The Labute approximate surface area is 164 Å². The summed E-state index contributed by atoms with van der Waals surface area (Å²) in [4.78, 5) is 15.8. The smallest absolute Gasteiger partial charge is 0.243 e. The number of piperidine rings is 1. The Hall–Kier alpha value is -1.90. The normalized spacial score (nSPS) is 16.2. The maximum absolute atomic E-state index is 12.8. The molecule has 2 aromatic rings. The van der Waals surface area contributed by atoms with Gasteiger partial charge in [0.1, 0.15) is 5.75 Å². The summed E-state index contributed by atoms with van der Waals surface area (Å²) in [6.07, 6.45) is 1.09. The summed E-state index contributed by atoms with van der Waals surface area (Å²) in [6.45, 7) is 1.32. The van der Waals surface area contributed by atoms with Crippen LogP contribution in [0.1, 0.15) is 17.7 Å². The molecule has 0 unspecified atom stereocenters. The maximum Gasteiger partial charge on any atom is 0.243 e. The van der Waals surface area contributed by atoms with Crippen LogP contribution in [0.5, 0.6) is 5.75 Å². The van der Waals surface area contributed by atoms with Gasteiger partial charge in [-0.05, 0) is 48.6 Å². The number of amides is 1. The highest BCUT2D eigenvalue weighted by molar-refractivity contribution is 7.89. The zero-order valence-corrected chi connectivity index (χ0v) is 17.1. The highest BCUT2D eigenvalue weighted by Gasteiger charge is 2.33. The molecule has 0 radical (unpaired) electrons. The standard InChI is InChI=1S/C19H24N2O4S2/c1-20(14-17-4-3-13-26-17)19(22)15-9-11-21(12-10-15)27(23,24)18-7-5-16(25-2)6-8-18/h3-8,13,15H,9-12,14H2,1-2H3. The molecule has 0 saturated carbocycles. The zero-order chi connectivity index (χ0) is 19.4. The molecule has 0 N–H and O–H groups in total. The third-order valence-electron chi connectivity index (χ3n) is 4.85. The number of carbonyl (C=O) groups is 1. The van der Waals surface area contributed by atoms with E-state index in [2.05, 4.69) is 0 Å². The number of thiophene rings is 1. The third-order valence-corrected chi connectivity index (χ3v) is 7.62. The van der Waals surface area contributed by atoms with Gasteiger partial charge in [0.2, 0.25) is 15.9 Å². The average Bonchev–Trinajstić information content (AvgIpc) is 3.20. The lowest BCUT2D eigenvalue weighted by molar-refractivity contribution is -0.135. The molecular formula is C19H24N2O4S2. The number of ether oxygens (including phenoxy) is 1. The van der Waals surface area contributed by atoms with Crippen LogP contribution in [0.4, 0.5) is 0 Å². The summed E-state index contributed by atoms with van der Waals surface area (Å²) < 4.78 is 32.1. The minimum atomic E-state index is -3.54. The zero-order valence-electron chi connectivity index (χ0n) is 15.5. The molecule has 1 fully saturated rings. The summed E-state index contributed by atoms with van der Waals surface area (Å²) in [5, 5.41) is 2.00. The van der Waals surface area contributed by atoms with Crippen LogP contribution in [0.15, 0.2) is 46.7 Å². The molecule has 1 amide bonds. The van der Waals surface area contributed by atoms with Crippen molar-refractivity contribution in [1.29, 1.82) is 0 Å². The Morgan fingerprint density at radius 2 is 1.89 bits per heavy atom. The van der Waals surface area contributed by atoms with E-state index in [1.165, 1.54) is 4.31 Å². The van der Waals surface area contributed by atoms with Crippen LogP contribution in [-0.2, 0) is 21.4 Å². The Kier molecular flexibility index (Phi) is 6.18. The van der Waals surface area contributed by atoms with E-state index in [0.29, 0.717) is 38.2 Å². The number of rotatable bonds is 6. The molecule has 1 aromatic heterocycles. The van der Waals surface area contributed by atoms with Gasteiger partial charge in [-0.25, -0.2) is 8.42 Å². The van der Waals surface area contributed by atoms with E-state index < -0.39 is 10.0 Å². The lowest BCUT2D eigenvalue weighted by Gasteiger charge is -2.32. The maximum atomic E-state index is 12.8. The molecular weight excluding hydrogens is 384 g/mol. The molecule has 2 heterocycles. The first-order valence-corrected chi connectivity index (χ1v) is 11.2. The molecule has 0 spiro atoms. The minimum absolute atomic E-state index is 0.0879. The van der Waals surface area contributed by atoms with Crippen LogP contribution in [0, 0.1) is 5.92 Å². The number of benzene rings is 1. The molecule has 27 heavy (non-hydrogen) atoms. The van der Waals surface area contributed by atoms with E-state index in [4.69, 9.17) is 4.74 Å². The highest BCUT2D eigenvalue weighted by atomic mass is 32.2. The van der Waals surface area contributed by atoms with Crippen molar-refractivity contribution >= 4 is 27.3 Å². The quantitative estimate of drug-likeness (QED) is 0.737. The van der Waals surface area contributed by atoms with Gasteiger partial charge in [-0.2, -0.15) is 4.31 Å². The van der Waals surface area contributed by atoms with Gasteiger partial charge >= 0.3 is 0 Å². The Morgan fingerprint density at radius 1 is 1.22 bits per heavy atom.